The van der Waals surface area contributed by atoms with Crippen molar-refractivity contribution in [3.63, 3.8) is 0 Å². The third-order valence-electron chi connectivity index (χ3n) is 5.49. The Hall–Kier alpha value is -3.00. The monoisotopic (exact) mass is 499 g/mol. The molecule has 3 heterocycles. The Morgan fingerprint density at radius 1 is 1.15 bits per heavy atom. The Balaban J connectivity index is 1.50. The first-order chi connectivity index (χ1) is 15.9. The first-order valence-electron chi connectivity index (χ1n) is 10.0. The van der Waals surface area contributed by atoms with Crippen molar-refractivity contribution < 1.29 is 9.32 Å². The highest BCUT2D eigenvalue weighted by Gasteiger charge is 2.44. The van der Waals surface area contributed by atoms with Crippen LogP contribution in [0, 0.1) is 6.92 Å². The van der Waals surface area contributed by atoms with Gasteiger partial charge in [0.2, 0.25) is 11.6 Å². The number of aryl methyl sites for hydroxylation is 1. The highest BCUT2D eigenvalue weighted by atomic mass is 35.5. The number of aromatic nitrogens is 4. The maximum atomic E-state index is 13.5. The van der Waals surface area contributed by atoms with E-state index >= 15 is 0 Å². The largest absolute Gasteiger partial charge is 0.349 e. The summed E-state index contributed by atoms with van der Waals surface area (Å²) >= 11 is 19.3. The highest BCUT2D eigenvalue weighted by Crippen LogP contribution is 2.45. The van der Waals surface area contributed by atoms with Crippen LogP contribution in [-0.4, -0.2) is 31.4 Å². The van der Waals surface area contributed by atoms with Gasteiger partial charge in [-0.05, 0) is 42.3 Å². The average Bonchev–Trinajstić information content (AvgIpc) is 3.39. The van der Waals surface area contributed by atoms with Crippen molar-refractivity contribution in [3.05, 3.63) is 87.6 Å². The van der Waals surface area contributed by atoms with Crippen molar-refractivity contribution in [2.24, 2.45) is 0 Å². The molecule has 10 heteroatoms. The van der Waals surface area contributed by atoms with Gasteiger partial charge in [0, 0.05) is 28.5 Å². The normalized spacial score (nSPS) is 17.3. The lowest BCUT2D eigenvalue weighted by atomic mass is 9.95. The molecule has 0 radical (unpaired) electrons. The van der Waals surface area contributed by atoms with Crippen LogP contribution in [0.1, 0.15) is 33.3 Å². The minimum atomic E-state index is -0.702. The lowest BCUT2D eigenvalue weighted by Gasteiger charge is -2.25. The number of carbonyl (C=O) groups is 1. The molecule has 0 amide bonds. The summed E-state index contributed by atoms with van der Waals surface area (Å²) in [5, 5.41) is 4.98. The molecule has 2 aromatic heterocycles. The predicted octanol–water partition coefficient (Wildman–Crippen LogP) is 5.69. The predicted molar refractivity (Wildman–Crippen MR) is 126 cm³/mol. The zero-order valence-electron chi connectivity index (χ0n) is 17.2. The number of carbonyl (C=O) groups excluding carboxylic acids is 1. The minimum Gasteiger partial charge on any atom is -0.349 e. The summed E-state index contributed by atoms with van der Waals surface area (Å²) in [6.45, 7) is 2.36. The van der Waals surface area contributed by atoms with Crippen LogP contribution in [0.25, 0.3) is 11.5 Å². The van der Waals surface area contributed by atoms with Crippen LogP contribution < -0.4 is 4.90 Å². The van der Waals surface area contributed by atoms with Crippen LogP contribution in [0.2, 0.25) is 10.0 Å². The Morgan fingerprint density at radius 3 is 2.76 bits per heavy atom. The number of fused-ring (bicyclic) bond motifs is 1. The fourth-order valence-corrected chi connectivity index (χ4v) is 4.79. The summed E-state index contributed by atoms with van der Waals surface area (Å²) < 4.78 is 5.29. The van der Waals surface area contributed by atoms with Crippen LogP contribution in [0.15, 0.2) is 59.5 Å². The Morgan fingerprint density at radius 2 is 2.00 bits per heavy atom. The topological polar surface area (TPSA) is 85.0 Å². The summed E-state index contributed by atoms with van der Waals surface area (Å²) in [7, 11) is 0. The van der Waals surface area contributed by atoms with Crippen molar-refractivity contribution in [3.8, 4) is 11.5 Å². The molecule has 2 atom stereocenters. The highest BCUT2D eigenvalue weighted by molar-refractivity contribution is 6.35. The number of alkyl halides is 1. The molecule has 0 saturated heterocycles. The van der Waals surface area contributed by atoms with Gasteiger partial charge in [0.05, 0.1) is 5.92 Å². The molecule has 0 saturated carbocycles. The number of nitrogens with zero attached hydrogens (tertiary/aromatic N) is 5. The van der Waals surface area contributed by atoms with Gasteiger partial charge in [0.15, 0.2) is 0 Å². The number of halogens is 3. The van der Waals surface area contributed by atoms with E-state index in [0.717, 1.165) is 22.4 Å². The van der Waals surface area contributed by atoms with Crippen LogP contribution in [-0.2, 0) is 6.54 Å². The molecule has 166 valence electrons. The molecule has 1 aliphatic rings. The first-order valence-corrected chi connectivity index (χ1v) is 11.2. The van der Waals surface area contributed by atoms with E-state index < -0.39 is 11.4 Å². The minimum absolute atomic E-state index is 0.127. The first kappa shape index (κ1) is 21.8. The van der Waals surface area contributed by atoms with E-state index in [2.05, 4.69) is 20.1 Å². The second kappa shape index (κ2) is 8.74. The average molecular weight is 501 g/mol. The summed E-state index contributed by atoms with van der Waals surface area (Å²) in [6, 6.07) is 12.8. The van der Waals surface area contributed by atoms with E-state index in [1.807, 2.05) is 36.1 Å². The molecule has 0 bridgehead atoms. The number of rotatable bonds is 5. The standard InChI is InChI=1S/C23H16Cl3N5O2/c1-12-2-5-18-15(8-12)19(21(26)31(18)10-13-3-4-14(24)9-16(13)25)20(32)23-29-22(30-33-23)17-6-7-27-11-28-17/h2-9,11,19,21H,10H2,1H3. The molecule has 0 N–H and O–H groups in total. The van der Waals surface area contributed by atoms with Crippen LogP contribution in [0.5, 0.6) is 0 Å². The Labute approximate surface area is 204 Å². The quantitative estimate of drug-likeness (QED) is 0.198. The SMILES string of the molecule is Cc1ccc2c(c1)C(C(=O)c1nc(-c3ccncn3)no1)C(Cl)N2Cc1ccc(Cl)cc1Cl. The van der Waals surface area contributed by atoms with Gasteiger partial charge in [0.1, 0.15) is 17.5 Å². The van der Waals surface area contributed by atoms with Crippen LogP contribution in [0.3, 0.4) is 0 Å². The van der Waals surface area contributed by atoms with Crippen molar-refractivity contribution in [1.82, 2.24) is 20.1 Å². The summed E-state index contributed by atoms with van der Waals surface area (Å²) in [5.41, 5.74) is 3.27. The van der Waals surface area contributed by atoms with E-state index in [4.69, 9.17) is 39.3 Å². The van der Waals surface area contributed by atoms with E-state index in [1.165, 1.54) is 6.33 Å². The van der Waals surface area contributed by atoms with Gasteiger partial charge in [-0.15, -0.1) is 0 Å². The maximum Gasteiger partial charge on any atom is 0.295 e. The zero-order valence-corrected chi connectivity index (χ0v) is 19.5. The van der Waals surface area contributed by atoms with Gasteiger partial charge >= 0.3 is 0 Å². The molecular weight excluding hydrogens is 485 g/mol. The van der Waals surface area contributed by atoms with Gasteiger partial charge in [-0.2, -0.15) is 4.98 Å². The molecule has 1 aliphatic heterocycles. The zero-order chi connectivity index (χ0) is 23.1. The lowest BCUT2D eigenvalue weighted by Crippen LogP contribution is -2.32. The van der Waals surface area contributed by atoms with Crippen molar-refractivity contribution >= 4 is 46.3 Å². The molecule has 4 aromatic rings. The number of hydrogen-bond donors (Lipinski definition) is 0. The van der Waals surface area contributed by atoms with Crippen molar-refractivity contribution in [1.29, 1.82) is 0 Å². The van der Waals surface area contributed by atoms with E-state index in [0.29, 0.717) is 22.3 Å². The smallest absolute Gasteiger partial charge is 0.295 e. The fraction of sp³-hybridized carbons (Fsp3) is 0.174. The summed E-state index contributed by atoms with van der Waals surface area (Å²) in [6.07, 6.45) is 2.93. The van der Waals surface area contributed by atoms with Gasteiger partial charge in [-0.3, -0.25) is 4.79 Å². The molecule has 0 fully saturated rings. The number of anilines is 1. The van der Waals surface area contributed by atoms with Crippen molar-refractivity contribution in [2.75, 3.05) is 4.90 Å². The van der Waals surface area contributed by atoms with Crippen molar-refractivity contribution in [2.45, 2.75) is 24.9 Å². The van der Waals surface area contributed by atoms with Gasteiger partial charge in [-0.25, -0.2) is 9.97 Å². The fourth-order valence-electron chi connectivity index (χ4n) is 3.90. The third kappa shape index (κ3) is 4.08. The summed E-state index contributed by atoms with van der Waals surface area (Å²) in [5.74, 6) is -0.983. The molecule has 33 heavy (non-hydrogen) atoms. The number of hydrogen-bond acceptors (Lipinski definition) is 7. The number of Topliss-reactive ketones (excluding diaryl/α,β-unsaturated/α-hetero) is 1. The number of ketones is 1. The molecule has 2 unspecified atom stereocenters. The molecule has 2 aromatic carbocycles. The Bertz CT molecular complexity index is 1350. The molecule has 5 rings (SSSR count). The van der Waals surface area contributed by atoms with E-state index in [1.54, 1.807) is 24.4 Å². The van der Waals surface area contributed by atoms with Crippen LogP contribution >= 0.6 is 34.8 Å². The van der Waals surface area contributed by atoms with Gasteiger partial charge in [0.25, 0.3) is 5.89 Å². The second-order valence-electron chi connectivity index (χ2n) is 7.66. The molecule has 0 aliphatic carbocycles. The van der Waals surface area contributed by atoms with E-state index in [9.17, 15) is 4.79 Å². The van der Waals surface area contributed by atoms with Crippen LogP contribution in [0.4, 0.5) is 5.69 Å². The Kier molecular flexibility index (Phi) is 5.78. The summed E-state index contributed by atoms with van der Waals surface area (Å²) in [4.78, 5) is 27.7. The molecule has 0 spiro atoms. The third-order valence-corrected chi connectivity index (χ3v) is 6.56. The van der Waals surface area contributed by atoms with Gasteiger partial charge < -0.3 is 9.42 Å². The van der Waals surface area contributed by atoms with E-state index in [-0.39, 0.29) is 17.5 Å². The number of benzene rings is 2. The lowest BCUT2D eigenvalue weighted by molar-refractivity contribution is 0.0917. The maximum absolute atomic E-state index is 13.5. The van der Waals surface area contributed by atoms with Gasteiger partial charge in [-0.1, -0.05) is 63.7 Å². The molecular formula is C23H16Cl3N5O2. The second-order valence-corrected chi connectivity index (χ2v) is 8.95. The molecule has 7 nitrogen and oxygen atoms in total.